The van der Waals surface area contributed by atoms with Gasteiger partial charge < -0.3 is 11.1 Å². The second-order valence-corrected chi connectivity index (χ2v) is 6.24. The number of nitrogens with two attached hydrogens (primary N) is 1. The SMILES string of the molecule is Cc1ccc(Cl)c(NC(=O)c2sc3ccccc3c2N)c1. The smallest absolute Gasteiger partial charge is 0.267 e. The van der Waals surface area contributed by atoms with E-state index in [-0.39, 0.29) is 5.91 Å². The first kappa shape index (κ1) is 13.9. The summed E-state index contributed by atoms with van der Waals surface area (Å²) >= 11 is 7.48. The van der Waals surface area contributed by atoms with Crippen molar-refractivity contribution in [3.8, 4) is 0 Å². The Labute approximate surface area is 131 Å². The third-order valence-corrected chi connectivity index (χ3v) is 4.73. The van der Waals surface area contributed by atoms with Gasteiger partial charge in [0.15, 0.2) is 0 Å². The van der Waals surface area contributed by atoms with E-state index in [1.54, 1.807) is 6.07 Å². The first-order chi connectivity index (χ1) is 10.1. The van der Waals surface area contributed by atoms with Crippen LogP contribution < -0.4 is 11.1 Å². The number of fused-ring (bicyclic) bond motifs is 1. The van der Waals surface area contributed by atoms with Crippen LogP contribution in [0, 0.1) is 6.92 Å². The quantitative estimate of drug-likeness (QED) is 0.720. The molecule has 5 heteroatoms. The van der Waals surface area contributed by atoms with E-state index in [0.29, 0.717) is 21.3 Å². The van der Waals surface area contributed by atoms with Gasteiger partial charge in [0.1, 0.15) is 4.88 Å². The fourth-order valence-electron chi connectivity index (χ4n) is 2.15. The molecular formula is C16H13ClN2OS. The lowest BCUT2D eigenvalue weighted by atomic mass is 10.2. The number of carbonyl (C=O) groups excluding carboxylic acids is 1. The Balaban J connectivity index is 1.97. The molecule has 106 valence electrons. The van der Waals surface area contributed by atoms with Gasteiger partial charge in [-0.2, -0.15) is 0 Å². The lowest BCUT2D eigenvalue weighted by molar-refractivity contribution is 0.103. The summed E-state index contributed by atoms with van der Waals surface area (Å²) in [5.41, 5.74) is 8.21. The van der Waals surface area contributed by atoms with Crippen molar-refractivity contribution < 1.29 is 4.79 Å². The molecule has 2 aromatic carbocycles. The Kier molecular flexibility index (Phi) is 3.57. The minimum Gasteiger partial charge on any atom is -0.397 e. The van der Waals surface area contributed by atoms with Gasteiger partial charge in [0.25, 0.3) is 5.91 Å². The van der Waals surface area contributed by atoms with E-state index in [1.165, 1.54) is 11.3 Å². The number of rotatable bonds is 2. The molecular weight excluding hydrogens is 304 g/mol. The van der Waals surface area contributed by atoms with Crippen molar-refractivity contribution in [3.63, 3.8) is 0 Å². The van der Waals surface area contributed by atoms with Gasteiger partial charge in [-0.25, -0.2) is 0 Å². The third-order valence-electron chi connectivity index (χ3n) is 3.21. The third kappa shape index (κ3) is 2.60. The molecule has 0 radical (unpaired) electrons. The van der Waals surface area contributed by atoms with Crippen molar-refractivity contribution in [2.75, 3.05) is 11.1 Å². The van der Waals surface area contributed by atoms with E-state index in [9.17, 15) is 4.79 Å². The van der Waals surface area contributed by atoms with Crippen molar-refractivity contribution in [2.45, 2.75) is 6.92 Å². The van der Waals surface area contributed by atoms with E-state index in [1.807, 2.05) is 43.3 Å². The van der Waals surface area contributed by atoms with E-state index in [0.717, 1.165) is 15.6 Å². The van der Waals surface area contributed by atoms with Crippen LogP contribution in [0.1, 0.15) is 15.2 Å². The zero-order valence-electron chi connectivity index (χ0n) is 11.3. The predicted molar refractivity (Wildman–Crippen MR) is 90.4 cm³/mol. The average molecular weight is 317 g/mol. The molecule has 0 saturated heterocycles. The highest BCUT2D eigenvalue weighted by atomic mass is 35.5. The van der Waals surface area contributed by atoms with Gasteiger partial charge in [0.05, 0.1) is 16.4 Å². The number of thiophene rings is 1. The van der Waals surface area contributed by atoms with Crippen molar-refractivity contribution in [1.82, 2.24) is 0 Å². The summed E-state index contributed by atoms with van der Waals surface area (Å²) in [6.07, 6.45) is 0. The van der Waals surface area contributed by atoms with E-state index >= 15 is 0 Å². The zero-order valence-corrected chi connectivity index (χ0v) is 12.9. The van der Waals surface area contributed by atoms with Crippen LogP contribution >= 0.6 is 22.9 Å². The molecule has 0 fully saturated rings. The number of anilines is 2. The van der Waals surface area contributed by atoms with Gasteiger partial charge in [-0.15, -0.1) is 11.3 Å². The van der Waals surface area contributed by atoms with E-state index in [4.69, 9.17) is 17.3 Å². The highest BCUT2D eigenvalue weighted by molar-refractivity contribution is 7.21. The van der Waals surface area contributed by atoms with Crippen molar-refractivity contribution in [1.29, 1.82) is 0 Å². The topological polar surface area (TPSA) is 55.1 Å². The van der Waals surface area contributed by atoms with Gasteiger partial charge in [0, 0.05) is 10.1 Å². The fraction of sp³-hybridized carbons (Fsp3) is 0.0625. The standard InChI is InChI=1S/C16H13ClN2OS/c1-9-6-7-11(17)12(8-9)19-16(20)15-14(18)10-4-2-3-5-13(10)21-15/h2-8H,18H2,1H3,(H,19,20). The van der Waals surface area contributed by atoms with Crippen LogP contribution in [0.25, 0.3) is 10.1 Å². The lowest BCUT2D eigenvalue weighted by Gasteiger charge is -2.07. The highest BCUT2D eigenvalue weighted by Gasteiger charge is 2.17. The Morgan fingerprint density at radius 1 is 1.24 bits per heavy atom. The molecule has 0 aliphatic carbocycles. The summed E-state index contributed by atoms with van der Waals surface area (Å²) in [6, 6.07) is 13.2. The van der Waals surface area contributed by atoms with Gasteiger partial charge in [-0.3, -0.25) is 4.79 Å². The molecule has 0 atom stereocenters. The van der Waals surface area contributed by atoms with Gasteiger partial charge in [-0.1, -0.05) is 35.9 Å². The van der Waals surface area contributed by atoms with Crippen LogP contribution in [-0.2, 0) is 0 Å². The largest absolute Gasteiger partial charge is 0.397 e. The molecule has 0 bridgehead atoms. The molecule has 1 heterocycles. The highest BCUT2D eigenvalue weighted by Crippen LogP contribution is 2.34. The molecule has 3 nitrogen and oxygen atoms in total. The summed E-state index contributed by atoms with van der Waals surface area (Å²) in [5, 5.41) is 4.24. The Bertz CT molecular complexity index is 841. The maximum absolute atomic E-state index is 12.4. The molecule has 3 rings (SSSR count). The number of amides is 1. The summed E-state index contributed by atoms with van der Waals surface area (Å²) in [6.45, 7) is 1.94. The number of aryl methyl sites for hydroxylation is 1. The number of halogens is 1. The Morgan fingerprint density at radius 2 is 2.00 bits per heavy atom. The minimum atomic E-state index is -0.235. The molecule has 1 aromatic heterocycles. The first-order valence-electron chi connectivity index (χ1n) is 6.41. The normalized spacial score (nSPS) is 10.8. The van der Waals surface area contributed by atoms with Crippen LogP contribution in [-0.4, -0.2) is 5.91 Å². The molecule has 0 saturated carbocycles. The lowest BCUT2D eigenvalue weighted by Crippen LogP contribution is -2.12. The number of carbonyl (C=O) groups is 1. The van der Waals surface area contributed by atoms with E-state index in [2.05, 4.69) is 5.32 Å². The van der Waals surface area contributed by atoms with Gasteiger partial charge in [-0.05, 0) is 30.7 Å². The van der Waals surface area contributed by atoms with Crippen molar-refractivity contribution in [3.05, 3.63) is 57.9 Å². The first-order valence-corrected chi connectivity index (χ1v) is 7.60. The maximum atomic E-state index is 12.4. The number of hydrogen-bond donors (Lipinski definition) is 2. The minimum absolute atomic E-state index is 0.235. The number of hydrogen-bond acceptors (Lipinski definition) is 3. The monoisotopic (exact) mass is 316 g/mol. The summed E-state index contributed by atoms with van der Waals surface area (Å²) in [4.78, 5) is 12.9. The molecule has 3 aromatic rings. The summed E-state index contributed by atoms with van der Waals surface area (Å²) in [7, 11) is 0. The van der Waals surface area contributed by atoms with Gasteiger partial charge in [0.2, 0.25) is 0 Å². The Morgan fingerprint density at radius 3 is 2.76 bits per heavy atom. The van der Waals surface area contributed by atoms with Crippen LogP contribution in [0.3, 0.4) is 0 Å². The molecule has 3 N–H and O–H groups in total. The Hall–Kier alpha value is -2.04. The molecule has 0 unspecified atom stereocenters. The average Bonchev–Trinajstić information content (AvgIpc) is 2.81. The van der Waals surface area contributed by atoms with Crippen molar-refractivity contribution >= 4 is 50.3 Å². The number of nitrogen functional groups attached to an aromatic ring is 1. The molecule has 0 aliphatic heterocycles. The van der Waals surface area contributed by atoms with Crippen LogP contribution in [0.4, 0.5) is 11.4 Å². The second kappa shape index (κ2) is 5.39. The number of nitrogens with one attached hydrogen (secondary N) is 1. The fourth-order valence-corrected chi connectivity index (χ4v) is 3.33. The summed E-state index contributed by atoms with van der Waals surface area (Å²) < 4.78 is 0.996. The van der Waals surface area contributed by atoms with E-state index < -0.39 is 0 Å². The van der Waals surface area contributed by atoms with Gasteiger partial charge >= 0.3 is 0 Å². The second-order valence-electron chi connectivity index (χ2n) is 4.78. The summed E-state index contributed by atoms with van der Waals surface area (Å²) in [5.74, 6) is -0.235. The van der Waals surface area contributed by atoms with Crippen LogP contribution in [0.5, 0.6) is 0 Å². The maximum Gasteiger partial charge on any atom is 0.267 e. The molecule has 0 spiro atoms. The molecule has 0 aliphatic rings. The zero-order chi connectivity index (χ0) is 15.0. The number of benzene rings is 2. The van der Waals surface area contributed by atoms with Crippen LogP contribution in [0.15, 0.2) is 42.5 Å². The predicted octanol–water partition coefficient (Wildman–Crippen LogP) is 4.70. The molecule has 1 amide bonds. The molecule has 21 heavy (non-hydrogen) atoms. The van der Waals surface area contributed by atoms with Crippen molar-refractivity contribution in [2.24, 2.45) is 0 Å². The van der Waals surface area contributed by atoms with Crippen LogP contribution in [0.2, 0.25) is 5.02 Å².